The summed E-state index contributed by atoms with van der Waals surface area (Å²) >= 11 is 5.72. The van der Waals surface area contributed by atoms with Crippen LogP contribution in [0.1, 0.15) is 5.56 Å². The van der Waals surface area contributed by atoms with Gasteiger partial charge in [-0.3, -0.25) is 0 Å². The summed E-state index contributed by atoms with van der Waals surface area (Å²) in [6, 6.07) is 9.59. The molecule has 1 aromatic carbocycles. The third kappa shape index (κ3) is 2.49. The zero-order valence-corrected chi connectivity index (χ0v) is 9.33. The molecule has 0 N–H and O–H groups in total. The molecule has 0 amide bonds. The number of nitrogens with zero attached hydrogens (tertiary/aromatic N) is 1. The molecule has 16 heavy (non-hydrogen) atoms. The second kappa shape index (κ2) is 4.49. The Bertz CT molecular complexity index is 516. The quantitative estimate of drug-likeness (QED) is 0.738. The fourth-order valence-electron chi connectivity index (χ4n) is 1.25. The summed E-state index contributed by atoms with van der Waals surface area (Å²) in [7, 11) is 0. The molecule has 2 rings (SSSR count). The van der Waals surface area contributed by atoms with Gasteiger partial charge in [-0.15, -0.1) is 0 Å². The van der Waals surface area contributed by atoms with E-state index in [0.29, 0.717) is 22.3 Å². The van der Waals surface area contributed by atoms with Crippen molar-refractivity contribution in [2.24, 2.45) is 0 Å². The molecule has 0 aliphatic carbocycles. The first kappa shape index (κ1) is 10.9. The predicted octanol–water partition coefficient (Wildman–Crippen LogP) is 3.97. The van der Waals surface area contributed by atoms with Gasteiger partial charge in [0.25, 0.3) is 0 Å². The van der Waals surface area contributed by atoms with Crippen molar-refractivity contribution in [2.75, 3.05) is 0 Å². The molecule has 0 fully saturated rings. The molecule has 0 radical (unpaired) electrons. The zero-order chi connectivity index (χ0) is 11.5. The maximum Gasteiger partial charge on any atom is 0.220 e. The largest absolute Gasteiger partial charge is 0.439 e. The van der Waals surface area contributed by atoms with E-state index in [1.165, 1.54) is 6.07 Å². The molecule has 0 saturated carbocycles. The van der Waals surface area contributed by atoms with Gasteiger partial charge in [0.05, 0.1) is 0 Å². The predicted molar refractivity (Wildman–Crippen MR) is 60.5 cm³/mol. The second-order valence-electron chi connectivity index (χ2n) is 3.31. The number of aryl methyl sites for hydroxylation is 1. The normalized spacial score (nSPS) is 10.2. The van der Waals surface area contributed by atoms with Crippen LogP contribution >= 0.6 is 11.6 Å². The Kier molecular flexibility index (Phi) is 3.06. The molecular formula is C12H9ClFNO. The molecular weight excluding hydrogens is 229 g/mol. The molecule has 4 heteroatoms. The molecule has 2 aromatic rings. The summed E-state index contributed by atoms with van der Waals surface area (Å²) in [6.45, 7) is 1.67. The van der Waals surface area contributed by atoms with Gasteiger partial charge in [0.1, 0.15) is 16.7 Å². The SMILES string of the molecule is Cc1cc(Oc2cccc(Cl)n2)ccc1F. The highest BCUT2D eigenvalue weighted by molar-refractivity contribution is 6.29. The molecule has 0 unspecified atom stereocenters. The summed E-state index contributed by atoms with van der Waals surface area (Å²) in [5.74, 6) is 0.665. The lowest BCUT2D eigenvalue weighted by molar-refractivity contribution is 0.460. The Balaban J connectivity index is 2.24. The van der Waals surface area contributed by atoms with E-state index in [1.54, 1.807) is 37.3 Å². The van der Waals surface area contributed by atoms with Crippen molar-refractivity contribution < 1.29 is 9.13 Å². The maximum atomic E-state index is 13.0. The lowest BCUT2D eigenvalue weighted by atomic mass is 10.2. The lowest BCUT2D eigenvalue weighted by Crippen LogP contribution is -1.89. The minimum absolute atomic E-state index is 0.258. The Morgan fingerprint density at radius 1 is 1.25 bits per heavy atom. The third-order valence-electron chi connectivity index (χ3n) is 2.04. The molecule has 1 heterocycles. The summed E-state index contributed by atoms with van der Waals surface area (Å²) < 4.78 is 18.4. The molecule has 0 spiro atoms. The standard InChI is InChI=1S/C12H9ClFNO/c1-8-7-9(5-6-10(8)14)16-12-4-2-3-11(13)15-12/h2-7H,1H3. The monoisotopic (exact) mass is 237 g/mol. The van der Waals surface area contributed by atoms with Crippen LogP contribution in [0.3, 0.4) is 0 Å². The van der Waals surface area contributed by atoms with E-state index >= 15 is 0 Å². The van der Waals surface area contributed by atoms with E-state index in [9.17, 15) is 4.39 Å². The minimum Gasteiger partial charge on any atom is -0.439 e. The van der Waals surface area contributed by atoms with Crippen molar-refractivity contribution in [2.45, 2.75) is 6.92 Å². The van der Waals surface area contributed by atoms with E-state index in [-0.39, 0.29) is 5.82 Å². The van der Waals surface area contributed by atoms with Gasteiger partial charge in [-0.05, 0) is 36.8 Å². The number of benzene rings is 1. The average Bonchev–Trinajstić information content (AvgIpc) is 2.24. The van der Waals surface area contributed by atoms with E-state index in [1.807, 2.05) is 0 Å². The van der Waals surface area contributed by atoms with E-state index in [2.05, 4.69) is 4.98 Å². The summed E-state index contributed by atoms with van der Waals surface area (Å²) in [4.78, 5) is 3.97. The van der Waals surface area contributed by atoms with Crippen molar-refractivity contribution in [3.63, 3.8) is 0 Å². The minimum atomic E-state index is -0.258. The van der Waals surface area contributed by atoms with E-state index < -0.39 is 0 Å². The smallest absolute Gasteiger partial charge is 0.220 e. The Morgan fingerprint density at radius 3 is 2.75 bits per heavy atom. The number of hydrogen-bond donors (Lipinski definition) is 0. The number of aromatic nitrogens is 1. The molecule has 0 saturated heterocycles. The molecule has 0 aliphatic heterocycles. The molecule has 0 atom stereocenters. The third-order valence-corrected chi connectivity index (χ3v) is 2.25. The van der Waals surface area contributed by atoms with Crippen LogP contribution in [0.4, 0.5) is 4.39 Å². The first-order valence-electron chi connectivity index (χ1n) is 4.72. The first-order chi connectivity index (χ1) is 7.65. The lowest BCUT2D eigenvalue weighted by Gasteiger charge is -2.05. The summed E-state index contributed by atoms with van der Waals surface area (Å²) in [6.07, 6.45) is 0. The van der Waals surface area contributed by atoms with E-state index in [0.717, 1.165) is 0 Å². The second-order valence-corrected chi connectivity index (χ2v) is 3.70. The van der Waals surface area contributed by atoms with Gasteiger partial charge in [0.2, 0.25) is 5.88 Å². The van der Waals surface area contributed by atoms with Gasteiger partial charge < -0.3 is 4.74 Å². The molecule has 0 bridgehead atoms. The molecule has 2 nitrogen and oxygen atoms in total. The van der Waals surface area contributed by atoms with Crippen LogP contribution in [-0.2, 0) is 0 Å². The van der Waals surface area contributed by atoms with Crippen molar-refractivity contribution in [3.8, 4) is 11.6 Å². The highest BCUT2D eigenvalue weighted by Gasteiger charge is 2.02. The van der Waals surface area contributed by atoms with Crippen LogP contribution in [0, 0.1) is 12.7 Å². The Labute approximate surface area is 97.7 Å². The van der Waals surface area contributed by atoms with Gasteiger partial charge in [0, 0.05) is 6.07 Å². The van der Waals surface area contributed by atoms with Crippen LogP contribution in [0.25, 0.3) is 0 Å². The van der Waals surface area contributed by atoms with Crippen molar-refractivity contribution in [1.29, 1.82) is 0 Å². The van der Waals surface area contributed by atoms with Gasteiger partial charge in [-0.25, -0.2) is 9.37 Å². The highest BCUT2D eigenvalue weighted by Crippen LogP contribution is 2.22. The summed E-state index contributed by atoms with van der Waals surface area (Å²) in [5.41, 5.74) is 0.527. The highest BCUT2D eigenvalue weighted by atomic mass is 35.5. The van der Waals surface area contributed by atoms with Crippen LogP contribution in [0.2, 0.25) is 5.15 Å². The fraction of sp³-hybridized carbons (Fsp3) is 0.0833. The van der Waals surface area contributed by atoms with Gasteiger partial charge in [-0.2, -0.15) is 0 Å². The van der Waals surface area contributed by atoms with E-state index in [4.69, 9.17) is 16.3 Å². The maximum absolute atomic E-state index is 13.0. The van der Waals surface area contributed by atoms with Crippen LogP contribution in [0.15, 0.2) is 36.4 Å². The number of ether oxygens (including phenoxy) is 1. The van der Waals surface area contributed by atoms with Crippen molar-refractivity contribution in [3.05, 3.63) is 52.9 Å². The molecule has 1 aromatic heterocycles. The number of hydrogen-bond acceptors (Lipinski definition) is 2. The van der Waals surface area contributed by atoms with Crippen LogP contribution < -0.4 is 4.74 Å². The summed E-state index contributed by atoms with van der Waals surface area (Å²) in [5, 5.41) is 0.358. The molecule has 82 valence electrons. The van der Waals surface area contributed by atoms with Gasteiger partial charge in [-0.1, -0.05) is 17.7 Å². The van der Waals surface area contributed by atoms with Crippen LogP contribution in [0.5, 0.6) is 11.6 Å². The van der Waals surface area contributed by atoms with Crippen molar-refractivity contribution in [1.82, 2.24) is 4.98 Å². The molecule has 0 aliphatic rings. The Hall–Kier alpha value is -1.61. The fourth-order valence-corrected chi connectivity index (χ4v) is 1.40. The number of pyridine rings is 1. The zero-order valence-electron chi connectivity index (χ0n) is 8.58. The number of rotatable bonds is 2. The average molecular weight is 238 g/mol. The topological polar surface area (TPSA) is 22.1 Å². The van der Waals surface area contributed by atoms with Crippen LogP contribution in [-0.4, -0.2) is 4.98 Å². The Morgan fingerprint density at radius 2 is 2.06 bits per heavy atom. The van der Waals surface area contributed by atoms with Gasteiger partial charge in [0.15, 0.2) is 0 Å². The first-order valence-corrected chi connectivity index (χ1v) is 5.09. The van der Waals surface area contributed by atoms with Gasteiger partial charge >= 0.3 is 0 Å². The van der Waals surface area contributed by atoms with Crippen molar-refractivity contribution >= 4 is 11.6 Å². The number of halogens is 2.